The van der Waals surface area contributed by atoms with Crippen LogP contribution in [0.2, 0.25) is 0 Å². The summed E-state index contributed by atoms with van der Waals surface area (Å²) < 4.78 is 7.11. The molecule has 0 spiro atoms. The van der Waals surface area contributed by atoms with Gasteiger partial charge in [0.15, 0.2) is 17.3 Å². The standard InChI is InChI=1S/C15H15N7O2/c1-22-8-17-15(21-22)9-4-3-5-11(13(9)24-2)19-10-6-7-18-20-12(10)14(16)23/h3-8H,1-2H3,(H2,16,23)(H,18,19). The molecule has 1 aromatic carbocycles. The van der Waals surface area contributed by atoms with Gasteiger partial charge < -0.3 is 15.8 Å². The first-order valence-electron chi connectivity index (χ1n) is 7.01. The SMILES string of the molecule is COc1c(Nc2ccnnc2C(N)=O)cccc1-c1ncn(C)n1. The van der Waals surface area contributed by atoms with E-state index < -0.39 is 5.91 Å². The molecule has 2 aromatic heterocycles. The predicted octanol–water partition coefficient (Wildman–Crippen LogP) is 1.12. The second kappa shape index (κ2) is 6.32. The quantitative estimate of drug-likeness (QED) is 0.721. The third-order valence-corrected chi connectivity index (χ3v) is 3.28. The van der Waals surface area contributed by atoms with Gasteiger partial charge in [-0.15, -0.1) is 5.10 Å². The number of carbonyl (C=O) groups is 1. The average molecular weight is 325 g/mol. The lowest BCUT2D eigenvalue weighted by Crippen LogP contribution is -2.16. The van der Waals surface area contributed by atoms with Crippen molar-refractivity contribution in [2.45, 2.75) is 0 Å². The van der Waals surface area contributed by atoms with Gasteiger partial charge >= 0.3 is 0 Å². The zero-order valence-corrected chi connectivity index (χ0v) is 13.1. The van der Waals surface area contributed by atoms with Gasteiger partial charge in [-0.1, -0.05) is 6.07 Å². The molecule has 0 atom stereocenters. The lowest BCUT2D eigenvalue weighted by atomic mass is 10.1. The molecular formula is C15H15N7O2. The third kappa shape index (κ3) is 2.86. The van der Waals surface area contributed by atoms with Gasteiger partial charge in [0, 0.05) is 7.05 Å². The number of aromatic nitrogens is 5. The summed E-state index contributed by atoms with van der Waals surface area (Å²) in [6, 6.07) is 7.09. The maximum Gasteiger partial charge on any atom is 0.271 e. The summed E-state index contributed by atoms with van der Waals surface area (Å²) in [6.07, 6.45) is 3.07. The number of aryl methyl sites for hydroxylation is 1. The molecule has 3 N–H and O–H groups in total. The second-order valence-corrected chi connectivity index (χ2v) is 4.91. The monoisotopic (exact) mass is 325 g/mol. The highest BCUT2D eigenvalue weighted by molar-refractivity contribution is 5.97. The van der Waals surface area contributed by atoms with Gasteiger partial charge in [-0.05, 0) is 18.2 Å². The van der Waals surface area contributed by atoms with E-state index in [4.69, 9.17) is 10.5 Å². The fourth-order valence-corrected chi connectivity index (χ4v) is 2.25. The number of para-hydroxylation sites is 1. The van der Waals surface area contributed by atoms with Crippen molar-refractivity contribution in [3.05, 3.63) is 42.5 Å². The van der Waals surface area contributed by atoms with Crippen LogP contribution in [0.1, 0.15) is 10.5 Å². The van der Waals surface area contributed by atoms with Gasteiger partial charge in [0.2, 0.25) is 0 Å². The molecule has 0 unspecified atom stereocenters. The van der Waals surface area contributed by atoms with Crippen LogP contribution in [0.25, 0.3) is 11.4 Å². The molecule has 0 bridgehead atoms. The minimum Gasteiger partial charge on any atom is -0.494 e. The Morgan fingerprint density at radius 2 is 2.12 bits per heavy atom. The van der Waals surface area contributed by atoms with E-state index in [-0.39, 0.29) is 5.69 Å². The smallest absolute Gasteiger partial charge is 0.271 e. The number of nitrogens with two attached hydrogens (primary N) is 1. The van der Waals surface area contributed by atoms with Crippen molar-refractivity contribution in [1.29, 1.82) is 0 Å². The molecule has 2 heterocycles. The number of benzene rings is 1. The van der Waals surface area contributed by atoms with E-state index in [9.17, 15) is 4.79 Å². The molecular weight excluding hydrogens is 310 g/mol. The molecule has 0 aliphatic heterocycles. The fourth-order valence-electron chi connectivity index (χ4n) is 2.25. The first-order chi connectivity index (χ1) is 11.6. The summed E-state index contributed by atoms with van der Waals surface area (Å²) in [5.74, 6) is 0.393. The number of nitrogens with zero attached hydrogens (tertiary/aromatic N) is 5. The molecule has 0 radical (unpaired) electrons. The van der Waals surface area contributed by atoms with Crippen molar-refractivity contribution in [3.8, 4) is 17.1 Å². The second-order valence-electron chi connectivity index (χ2n) is 4.91. The first-order valence-corrected chi connectivity index (χ1v) is 7.01. The van der Waals surface area contributed by atoms with Crippen LogP contribution in [0, 0.1) is 0 Å². The van der Waals surface area contributed by atoms with Gasteiger partial charge in [-0.25, -0.2) is 4.98 Å². The zero-order chi connectivity index (χ0) is 17.1. The normalized spacial score (nSPS) is 10.4. The van der Waals surface area contributed by atoms with Gasteiger partial charge in [0.1, 0.15) is 6.33 Å². The van der Waals surface area contributed by atoms with Crippen molar-refractivity contribution in [2.75, 3.05) is 12.4 Å². The minimum absolute atomic E-state index is 0.0425. The van der Waals surface area contributed by atoms with E-state index in [2.05, 4.69) is 25.6 Å². The van der Waals surface area contributed by atoms with Crippen LogP contribution < -0.4 is 15.8 Å². The molecule has 9 nitrogen and oxygen atoms in total. The Morgan fingerprint density at radius 1 is 1.29 bits per heavy atom. The van der Waals surface area contributed by atoms with Crippen LogP contribution in [0.5, 0.6) is 5.75 Å². The molecule has 0 saturated carbocycles. The van der Waals surface area contributed by atoms with Crippen LogP contribution in [0.4, 0.5) is 11.4 Å². The van der Waals surface area contributed by atoms with Crippen LogP contribution in [-0.2, 0) is 7.05 Å². The minimum atomic E-state index is -0.674. The molecule has 0 aliphatic carbocycles. The van der Waals surface area contributed by atoms with Crippen molar-refractivity contribution in [1.82, 2.24) is 25.0 Å². The van der Waals surface area contributed by atoms with Crippen LogP contribution >= 0.6 is 0 Å². The highest BCUT2D eigenvalue weighted by Crippen LogP contribution is 2.36. The lowest BCUT2D eigenvalue weighted by molar-refractivity contribution is 0.0995. The number of ether oxygens (including phenoxy) is 1. The maximum absolute atomic E-state index is 11.5. The van der Waals surface area contributed by atoms with E-state index in [1.54, 1.807) is 37.3 Å². The molecule has 3 rings (SSSR count). The fraction of sp³-hybridized carbons (Fsp3) is 0.133. The Labute approximate surface area is 137 Å². The van der Waals surface area contributed by atoms with Crippen molar-refractivity contribution in [3.63, 3.8) is 0 Å². The Bertz CT molecular complexity index is 891. The molecule has 0 fully saturated rings. The molecule has 122 valence electrons. The summed E-state index contributed by atoms with van der Waals surface area (Å²) in [6.45, 7) is 0. The largest absolute Gasteiger partial charge is 0.494 e. The van der Waals surface area contributed by atoms with Gasteiger partial charge in [0.05, 0.1) is 30.2 Å². The number of carbonyl (C=O) groups excluding carboxylic acids is 1. The van der Waals surface area contributed by atoms with Crippen LogP contribution in [0.3, 0.4) is 0 Å². The molecule has 1 amide bonds. The van der Waals surface area contributed by atoms with E-state index in [1.165, 1.54) is 6.20 Å². The number of amides is 1. The van der Waals surface area contributed by atoms with E-state index in [0.29, 0.717) is 28.5 Å². The number of nitrogens with one attached hydrogen (secondary N) is 1. The third-order valence-electron chi connectivity index (χ3n) is 3.28. The molecule has 9 heteroatoms. The molecule has 3 aromatic rings. The summed E-state index contributed by atoms with van der Waals surface area (Å²) in [5.41, 5.74) is 7.14. The summed E-state index contributed by atoms with van der Waals surface area (Å²) in [7, 11) is 3.33. The van der Waals surface area contributed by atoms with Gasteiger partial charge in [-0.3, -0.25) is 9.48 Å². The summed E-state index contributed by atoms with van der Waals surface area (Å²) in [4.78, 5) is 15.7. The number of primary amides is 1. The van der Waals surface area contributed by atoms with E-state index in [0.717, 1.165) is 0 Å². The summed E-state index contributed by atoms with van der Waals surface area (Å²) in [5, 5.41) is 14.8. The Morgan fingerprint density at radius 3 is 2.79 bits per heavy atom. The zero-order valence-electron chi connectivity index (χ0n) is 13.1. The van der Waals surface area contributed by atoms with Crippen molar-refractivity contribution < 1.29 is 9.53 Å². The highest BCUT2D eigenvalue weighted by Gasteiger charge is 2.16. The van der Waals surface area contributed by atoms with Gasteiger partial charge in [0.25, 0.3) is 5.91 Å². The Balaban J connectivity index is 2.05. The first kappa shape index (κ1) is 15.4. The number of rotatable bonds is 5. The number of hydrogen-bond acceptors (Lipinski definition) is 7. The van der Waals surface area contributed by atoms with Crippen LogP contribution in [0.15, 0.2) is 36.8 Å². The van der Waals surface area contributed by atoms with E-state index in [1.807, 2.05) is 12.1 Å². The Kier molecular flexibility index (Phi) is 4.06. The van der Waals surface area contributed by atoms with Gasteiger partial charge in [-0.2, -0.15) is 10.2 Å². The molecule has 24 heavy (non-hydrogen) atoms. The highest BCUT2D eigenvalue weighted by atomic mass is 16.5. The molecule has 0 saturated heterocycles. The predicted molar refractivity (Wildman–Crippen MR) is 86.8 cm³/mol. The van der Waals surface area contributed by atoms with Crippen LogP contribution in [-0.4, -0.2) is 38.0 Å². The summed E-state index contributed by atoms with van der Waals surface area (Å²) >= 11 is 0. The van der Waals surface area contributed by atoms with E-state index >= 15 is 0 Å². The molecule has 0 aliphatic rings. The number of methoxy groups -OCH3 is 1. The Hall–Kier alpha value is -3.49. The topological polar surface area (TPSA) is 121 Å². The van der Waals surface area contributed by atoms with Crippen molar-refractivity contribution >= 4 is 17.3 Å². The number of anilines is 2. The average Bonchev–Trinajstić information content (AvgIpc) is 3.01. The van der Waals surface area contributed by atoms with Crippen molar-refractivity contribution in [2.24, 2.45) is 12.8 Å². The number of hydrogen-bond donors (Lipinski definition) is 2. The lowest BCUT2D eigenvalue weighted by Gasteiger charge is -2.14. The maximum atomic E-state index is 11.5.